The lowest BCUT2D eigenvalue weighted by molar-refractivity contribution is -0.384. The number of hydrogen-bond acceptors (Lipinski definition) is 4. The summed E-state index contributed by atoms with van der Waals surface area (Å²) in [7, 11) is 0. The normalized spacial score (nSPS) is 24.7. The van der Waals surface area contributed by atoms with E-state index in [1.54, 1.807) is 12.1 Å². The highest BCUT2D eigenvalue weighted by molar-refractivity contribution is 5.95. The number of benzene rings is 2. The van der Waals surface area contributed by atoms with E-state index in [2.05, 4.69) is 23.5 Å². The van der Waals surface area contributed by atoms with Crippen molar-refractivity contribution in [2.75, 3.05) is 18.4 Å². The zero-order valence-corrected chi connectivity index (χ0v) is 16.8. The summed E-state index contributed by atoms with van der Waals surface area (Å²) < 4.78 is 0. The van der Waals surface area contributed by atoms with Crippen LogP contribution in [0.2, 0.25) is 0 Å². The third-order valence-electron chi connectivity index (χ3n) is 6.69. The van der Waals surface area contributed by atoms with Crippen LogP contribution in [0.3, 0.4) is 0 Å². The minimum Gasteiger partial charge on any atom is -0.378 e. The van der Waals surface area contributed by atoms with Crippen LogP contribution in [-0.4, -0.2) is 28.8 Å². The van der Waals surface area contributed by atoms with E-state index >= 15 is 0 Å². The molecule has 5 rings (SSSR count). The van der Waals surface area contributed by atoms with Crippen LogP contribution in [0, 0.1) is 16.0 Å². The molecule has 3 atom stereocenters. The third kappa shape index (κ3) is 3.26. The quantitative estimate of drug-likeness (QED) is 0.442. The monoisotopic (exact) mass is 403 g/mol. The van der Waals surface area contributed by atoms with E-state index in [-0.39, 0.29) is 34.4 Å². The average Bonchev–Trinajstić information content (AvgIpc) is 3.29. The van der Waals surface area contributed by atoms with E-state index in [1.165, 1.54) is 12.5 Å². The van der Waals surface area contributed by atoms with Crippen LogP contribution in [0.1, 0.15) is 59.1 Å². The molecule has 0 spiro atoms. The lowest BCUT2D eigenvalue weighted by atomic mass is 9.76. The number of nitro groups is 1. The lowest BCUT2D eigenvalue weighted by Gasteiger charge is -2.38. The van der Waals surface area contributed by atoms with Gasteiger partial charge in [-0.3, -0.25) is 14.9 Å². The molecular weight excluding hydrogens is 378 g/mol. The molecule has 2 heterocycles. The summed E-state index contributed by atoms with van der Waals surface area (Å²) in [5.74, 6) is 0.608. The second-order valence-corrected chi connectivity index (χ2v) is 8.48. The number of amides is 1. The fourth-order valence-corrected chi connectivity index (χ4v) is 5.17. The largest absolute Gasteiger partial charge is 0.378 e. The van der Waals surface area contributed by atoms with Crippen molar-refractivity contribution in [3.05, 3.63) is 81.4 Å². The minimum atomic E-state index is -0.344. The van der Waals surface area contributed by atoms with Crippen LogP contribution in [0.15, 0.2) is 54.6 Å². The molecule has 0 bridgehead atoms. The molecule has 2 aliphatic heterocycles. The van der Waals surface area contributed by atoms with Crippen LogP contribution < -0.4 is 5.32 Å². The van der Waals surface area contributed by atoms with Gasteiger partial charge in [0.25, 0.3) is 11.6 Å². The third-order valence-corrected chi connectivity index (χ3v) is 6.69. The van der Waals surface area contributed by atoms with Crippen LogP contribution in [0.5, 0.6) is 0 Å². The van der Waals surface area contributed by atoms with Crippen molar-refractivity contribution in [1.29, 1.82) is 0 Å². The SMILES string of the molecule is O=C(c1ccc2c(c1)[C@H]1C=CC[C@@H]1[C@@H](c1cccc([N+](=O)[O-])c1)N2)N1CCCCC1. The molecule has 30 heavy (non-hydrogen) atoms. The lowest BCUT2D eigenvalue weighted by Crippen LogP contribution is -2.36. The van der Waals surface area contributed by atoms with Crippen molar-refractivity contribution in [2.45, 2.75) is 37.6 Å². The van der Waals surface area contributed by atoms with Gasteiger partial charge in [0.2, 0.25) is 0 Å². The van der Waals surface area contributed by atoms with Gasteiger partial charge in [0.1, 0.15) is 0 Å². The molecule has 6 nitrogen and oxygen atoms in total. The van der Waals surface area contributed by atoms with Gasteiger partial charge in [-0.15, -0.1) is 0 Å². The van der Waals surface area contributed by atoms with E-state index in [4.69, 9.17) is 0 Å². The number of nitrogens with one attached hydrogen (secondary N) is 1. The molecule has 0 aromatic heterocycles. The van der Waals surface area contributed by atoms with E-state index in [1.807, 2.05) is 23.1 Å². The summed E-state index contributed by atoms with van der Waals surface area (Å²) in [6.45, 7) is 1.68. The van der Waals surface area contributed by atoms with Crippen molar-refractivity contribution in [1.82, 2.24) is 4.90 Å². The number of carbonyl (C=O) groups excluding carboxylic acids is 1. The Morgan fingerprint density at radius 1 is 1.10 bits per heavy atom. The molecule has 0 saturated carbocycles. The molecule has 1 saturated heterocycles. The maximum atomic E-state index is 13.0. The molecule has 2 aromatic rings. The molecule has 1 aliphatic carbocycles. The van der Waals surface area contributed by atoms with Gasteiger partial charge in [-0.2, -0.15) is 0 Å². The number of non-ortho nitro benzene ring substituents is 1. The predicted octanol–water partition coefficient (Wildman–Crippen LogP) is 5.05. The van der Waals surface area contributed by atoms with Crippen molar-refractivity contribution in [3.8, 4) is 0 Å². The van der Waals surface area contributed by atoms with Gasteiger partial charge < -0.3 is 10.2 Å². The van der Waals surface area contributed by atoms with Gasteiger partial charge in [0.15, 0.2) is 0 Å². The molecule has 1 amide bonds. The molecule has 0 radical (unpaired) electrons. The van der Waals surface area contributed by atoms with Gasteiger partial charge in [-0.1, -0.05) is 24.3 Å². The van der Waals surface area contributed by atoms with Gasteiger partial charge in [-0.25, -0.2) is 0 Å². The fourth-order valence-electron chi connectivity index (χ4n) is 5.17. The van der Waals surface area contributed by atoms with Crippen molar-refractivity contribution < 1.29 is 9.72 Å². The molecule has 2 aromatic carbocycles. The van der Waals surface area contributed by atoms with E-state index < -0.39 is 0 Å². The summed E-state index contributed by atoms with van der Waals surface area (Å²) >= 11 is 0. The van der Waals surface area contributed by atoms with Crippen molar-refractivity contribution >= 4 is 17.3 Å². The second kappa shape index (κ2) is 7.59. The number of allylic oxidation sites excluding steroid dienone is 2. The van der Waals surface area contributed by atoms with Gasteiger partial charge >= 0.3 is 0 Å². The number of piperidine rings is 1. The molecule has 6 heteroatoms. The zero-order valence-electron chi connectivity index (χ0n) is 16.8. The Balaban J connectivity index is 1.47. The van der Waals surface area contributed by atoms with E-state index in [0.717, 1.165) is 54.7 Å². The highest BCUT2D eigenvalue weighted by atomic mass is 16.6. The molecule has 0 unspecified atom stereocenters. The number of nitro benzene ring substituents is 1. The summed E-state index contributed by atoms with van der Waals surface area (Å²) in [5.41, 5.74) is 3.96. The Hall–Kier alpha value is -3.15. The predicted molar refractivity (Wildman–Crippen MR) is 116 cm³/mol. The smallest absolute Gasteiger partial charge is 0.269 e. The Labute approximate surface area is 175 Å². The first-order valence-corrected chi connectivity index (χ1v) is 10.7. The van der Waals surface area contributed by atoms with Gasteiger partial charge in [0.05, 0.1) is 11.0 Å². The Kier molecular flexibility index (Phi) is 4.77. The topological polar surface area (TPSA) is 75.5 Å². The number of likely N-dealkylation sites (tertiary alicyclic amines) is 1. The summed E-state index contributed by atoms with van der Waals surface area (Å²) in [5, 5.41) is 14.8. The maximum absolute atomic E-state index is 13.0. The van der Waals surface area contributed by atoms with Crippen LogP contribution in [0.4, 0.5) is 11.4 Å². The van der Waals surface area contributed by atoms with Gasteiger partial charge in [-0.05, 0) is 60.9 Å². The molecule has 1 N–H and O–H groups in total. The Bertz CT molecular complexity index is 1030. The van der Waals surface area contributed by atoms with Crippen molar-refractivity contribution in [2.24, 2.45) is 5.92 Å². The average molecular weight is 403 g/mol. The highest BCUT2D eigenvalue weighted by Crippen LogP contribution is 2.50. The molecular formula is C24H25N3O3. The van der Waals surface area contributed by atoms with Gasteiger partial charge in [0, 0.05) is 42.4 Å². The number of nitrogens with zero attached hydrogens (tertiary/aromatic N) is 2. The number of rotatable bonds is 3. The number of hydrogen-bond donors (Lipinski definition) is 1. The Morgan fingerprint density at radius 2 is 1.93 bits per heavy atom. The summed E-state index contributed by atoms with van der Waals surface area (Å²) in [4.78, 5) is 25.8. The zero-order chi connectivity index (χ0) is 20.7. The summed E-state index contributed by atoms with van der Waals surface area (Å²) in [6, 6.07) is 12.9. The van der Waals surface area contributed by atoms with Crippen LogP contribution in [-0.2, 0) is 0 Å². The minimum absolute atomic E-state index is 0.000969. The first-order valence-electron chi connectivity index (χ1n) is 10.7. The molecule has 1 fully saturated rings. The Morgan fingerprint density at radius 3 is 2.73 bits per heavy atom. The summed E-state index contributed by atoms with van der Waals surface area (Å²) in [6.07, 6.45) is 8.69. The second-order valence-electron chi connectivity index (χ2n) is 8.48. The number of carbonyl (C=O) groups is 1. The highest BCUT2D eigenvalue weighted by Gasteiger charge is 2.38. The number of anilines is 1. The number of fused-ring (bicyclic) bond motifs is 3. The van der Waals surface area contributed by atoms with Crippen LogP contribution in [0.25, 0.3) is 0 Å². The van der Waals surface area contributed by atoms with E-state index in [0.29, 0.717) is 0 Å². The first kappa shape index (κ1) is 18.9. The van der Waals surface area contributed by atoms with Crippen molar-refractivity contribution in [3.63, 3.8) is 0 Å². The standard InChI is InChI=1S/C24H25N3O3/c28-24(26-12-2-1-3-13-26)17-10-11-22-21(15-17)19-8-5-9-20(19)23(25-22)16-6-4-7-18(14-16)27(29)30/h4-8,10-11,14-15,19-20,23,25H,1-3,9,12-13H2/t19-,20-,23+/m0/s1. The molecule has 3 aliphatic rings. The van der Waals surface area contributed by atoms with Crippen LogP contribution >= 0.6 is 0 Å². The maximum Gasteiger partial charge on any atom is 0.269 e. The molecule has 154 valence electrons. The first-order chi connectivity index (χ1) is 14.6. The van der Waals surface area contributed by atoms with E-state index in [9.17, 15) is 14.9 Å². The fraction of sp³-hybridized carbons (Fsp3) is 0.375.